The van der Waals surface area contributed by atoms with Gasteiger partial charge in [-0.05, 0) is 54.1 Å². The van der Waals surface area contributed by atoms with Crippen molar-refractivity contribution in [2.75, 3.05) is 22.6 Å². The number of amides is 2. The molecule has 0 radical (unpaired) electrons. The number of ether oxygens (including phenoxy) is 1. The predicted octanol–water partition coefficient (Wildman–Crippen LogP) is 5.50. The largest absolute Gasteiger partial charge is 0.484 e. The van der Waals surface area contributed by atoms with Crippen LogP contribution < -0.4 is 15.0 Å². The molecule has 1 heterocycles. The number of alkyl halides is 3. The molecule has 33 heavy (non-hydrogen) atoms. The van der Waals surface area contributed by atoms with Crippen LogP contribution in [-0.2, 0) is 15.8 Å². The minimum absolute atomic E-state index is 0.138. The van der Waals surface area contributed by atoms with Crippen molar-refractivity contribution < 1.29 is 27.5 Å². The first-order chi connectivity index (χ1) is 15.8. The number of hydrogen-bond donors (Lipinski definition) is 1. The first-order valence-corrected chi connectivity index (χ1v) is 11.0. The highest BCUT2D eigenvalue weighted by molar-refractivity contribution is 8.00. The maximum atomic E-state index is 12.9. The normalized spacial score (nSPS) is 16.0. The van der Waals surface area contributed by atoms with Crippen LogP contribution in [0.4, 0.5) is 24.5 Å². The first-order valence-electron chi connectivity index (χ1n) is 10.00. The molecule has 2 amide bonds. The van der Waals surface area contributed by atoms with E-state index in [0.29, 0.717) is 17.1 Å². The van der Waals surface area contributed by atoms with Gasteiger partial charge in [-0.15, -0.1) is 11.8 Å². The second-order valence-electron chi connectivity index (χ2n) is 7.24. The quantitative estimate of drug-likeness (QED) is 0.515. The van der Waals surface area contributed by atoms with Crippen LogP contribution in [-0.4, -0.2) is 24.2 Å². The number of nitrogens with one attached hydrogen (secondary N) is 1. The lowest BCUT2D eigenvalue weighted by Crippen LogP contribution is -2.27. The number of carbonyl (C=O) groups excluding carboxylic acids is 2. The van der Waals surface area contributed by atoms with Crippen LogP contribution in [0.15, 0.2) is 78.9 Å². The summed E-state index contributed by atoms with van der Waals surface area (Å²) < 4.78 is 44.0. The van der Waals surface area contributed by atoms with Gasteiger partial charge in [-0.3, -0.25) is 14.5 Å². The Hall–Kier alpha value is -3.46. The van der Waals surface area contributed by atoms with Crippen molar-refractivity contribution in [1.82, 2.24) is 0 Å². The highest BCUT2D eigenvalue weighted by atomic mass is 32.2. The van der Waals surface area contributed by atoms with Gasteiger partial charge in [-0.2, -0.15) is 13.2 Å². The van der Waals surface area contributed by atoms with Crippen molar-refractivity contribution >= 4 is 35.0 Å². The number of anilines is 2. The third kappa shape index (κ3) is 5.48. The first kappa shape index (κ1) is 22.7. The molecule has 1 fully saturated rings. The molecule has 9 heteroatoms. The van der Waals surface area contributed by atoms with Crippen molar-refractivity contribution in [3.63, 3.8) is 0 Å². The molecular formula is C24H19F3N2O3S. The van der Waals surface area contributed by atoms with Crippen molar-refractivity contribution in [2.24, 2.45) is 0 Å². The molecule has 4 rings (SSSR count). The SMILES string of the molecule is O=C(COc1ccccc1)Nc1ccc([C@H]2SCC(=O)N2c2ccc(C(F)(F)F)cc2)cc1. The number of nitrogens with zero attached hydrogens (tertiary/aromatic N) is 1. The lowest BCUT2D eigenvalue weighted by Gasteiger charge is -2.25. The van der Waals surface area contributed by atoms with Crippen LogP contribution in [0.5, 0.6) is 5.75 Å². The molecule has 5 nitrogen and oxygen atoms in total. The Balaban J connectivity index is 1.42. The molecule has 0 spiro atoms. The molecule has 1 aliphatic heterocycles. The fourth-order valence-electron chi connectivity index (χ4n) is 3.35. The van der Waals surface area contributed by atoms with E-state index in [1.54, 1.807) is 36.4 Å². The molecule has 3 aromatic rings. The van der Waals surface area contributed by atoms with Gasteiger partial charge in [0, 0.05) is 11.4 Å². The summed E-state index contributed by atoms with van der Waals surface area (Å²) in [5.74, 6) is 0.318. The molecular weight excluding hydrogens is 453 g/mol. The van der Waals surface area contributed by atoms with Crippen molar-refractivity contribution in [3.05, 3.63) is 90.0 Å². The highest BCUT2D eigenvalue weighted by Crippen LogP contribution is 2.42. The monoisotopic (exact) mass is 472 g/mol. The third-order valence-electron chi connectivity index (χ3n) is 4.93. The van der Waals surface area contributed by atoms with E-state index in [1.807, 2.05) is 18.2 Å². The molecule has 3 aromatic carbocycles. The van der Waals surface area contributed by atoms with Gasteiger partial charge in [0.05, 0.1) is 11.3 Å². The number of hydrogen-bond acceptors (Lipinski definition) is 4. The fourth-order valence-corrected chi connectivity index (χ4v) is 4.53. The summed E-state index contributed by atoms with van der Waals surface area (Å²) in [5.41, 5.74) is 0.997. The van der Waals surface area contributed by atoms with E-state index < -0.39 is 11.7 Å². The van der Waals surface area contributed by atoms with E-state index in [0.717, 1.165) is 17.7 Å². The lowest BCUT2D eigenvalue weighted by molar-refractivity contribution is -0.137. The Morgan fingerprint density at radius 3 is 2.30 bits per heavy atom. The van der Waals surface area contributed by atoms with E-state index >= 15 is 0 Å². The summed E-state index contributed by atoms with van der Waals surface area (Å²) in [6.45, 7) is -0.138. The summed E-state index contributed by atoms with van der Waals surface area (Å²) in [6.07, 6.45) is -4.44. The van der Waals surface area contributed by atoms with E-state index in [1.165, 1.54) is 28.8 Å². The zero-order valence-corrected chi connectivity index (χ0v) is 18.0. The topological polar surface area (TPSA) is 58.6 Å². The number of para-hydroxylation sites is 1. The average molecular weight is 472 g/mol. The van der Waals surface area contributed by atoms with Gasteiger partial charge in [0.25, 0.3) is 5.91 Å². The number of carbonyl (C=O) groups is 2. The Bertz CT molecular complexity index is 1120. The van der Waals surface area contributed by atoms with Gasteiger partial charge in [0.2, 0.25) is 5.91 Å². The van der Waals surface area contributed by atoms with Gasteiger partial charge >= 0.3 is 6.18 Å². The summed E-state index contributed by atoms with van der Waals surface area (Å²) in [5, 5.41) is 2.37. The van der Waals surface area contributed by atoms with Crippen LogP contribution in [0.3, 0.4) is 0 Å². The van der Waals surface area contributed by atoms with Crippen LogP contribution in [0, 0.1) is 0 Å². The van der Waals surface area contributed by atoms with E-state index in [9.17, 15) is 22.8 Å². The minimum atomic E-state index is -4.44. The number of halogens is 3. The lowest BCUT2D eigenvalue weighted by atomic mass is 10.1. The van der Waals surface area contributed by atoms with Crippen LogP contribution in [0.1, 0.15) is 16.5 Å². The molecule has 0 aromatic heterocycles. The van der Waals surface area contributed by atoms with Crippen molar-refractivity contribution in [3.8, 4) is 5.75 Å². The molecule has 1 N–H and O–H groups in total. The zero-order chi connectivity index (χ0) is 23.4. The van der Waals surface area contributed by atoms with Crippen molar-refractivity contribution in [2.45, 2.75) is 11.6 Å². The van der Waals surface area contributed by atoms with Gasteiger partial charge in [0.15, 0.2) is 6.61 Å². The Labute approximate surface area is 192 Å². The smallest absolute Gasteiger partial charge is 0.416 e. The molecule has 1 aliphatic rings. The molecule has 0 bridgehead atoms. The molecule has 0 unspecified atom stereocenters. The van der Waals surface area contributed by atoms with Gasteiger partial charge in [-0.1, -0.05) is 30.3 Å². The zero-order valence-electron chi connectivity index (χ0n) is 17.2. The standard InChI is InChI=1S/C24H19F3N2O3S/c25-24(26,27)17-8-12-19(13-9-17)29-22(31)15-33-23(29)16-6-10-18(11-7-16)28-21(30)14-32-20-4-2-1-3-5-20/h1-13,23H,14-15H2,(H,28,30)/t23-/m1/s1. The summed E-state index contributed by atoms with van der Waals surface area (Å²) in [6, 6.07) is 20.5. The Morgan fingerprint density at radius 1 is 1.00 bits per heavy atom. The number of rotatable bonds is 6. The van der Waals surface area contributed by atoms with E-state index in [-0.39, 0.29) is 29.5 Å². The second-order valence-corrected chi connectivity index (χ2v) is 8.31. The Morgan fingerprint density at radius 2 is 1.67 bits per heavy atom. The van der Waals surface area contributed by atoms with Gasteiger partial charge in [0.1, 0.15) is 11.1 Å². The fraction of sp³-hybridized carbons (Fsp3) is 0.167. The van der Waals surface area contributed by atoms with Crippen LogP contribution >= 0.6 is 11.8 Å². The number of benzene rings is 3. The molecule has 170 valence electrons. The minimum Gasteiger partial charge on any atom is -0.484 e. The van der Waals surface area contributed by atoms with Crippen molar-refractivity contribution in [1.29, 1.82) is 0 Å². The molecule has 1 saturated heterocycles. The van der Waals surface area contributed by atoms with Crippen LogP contribution in [0.25, 0.3) is 0 Å². The molecule has 0 aliphatic carbocycles. The summed E-state index contributed by atoms with van der Waals surface area (Å²) in [4.78, 5) is 26.1. The summed E-state index contributed by atoms with van der Waals surface area (Å²) in [7, 11) is 0. The van der Waals surface area contributed by atoms with E-state index in [2.05, 4.69) is 5.32 Å². The highest BCUT2D eigenvalue weighted by Gasteiger charge is 2.35. The van der Waals surface area contributed by atoms with Gasteiger partial charge < -0.3 is 10.1 Å². The van der Waals surface area contributed by atoms with E-state index in [4.69, 9.17) is 4.74 Å². The predicted molar refractivity (Wildman–Crippen MR) is 121 cm³/mol. The van der Waals surface area contributed by atoms with Crippen LogP contribution in [0.2, 0.25) is 0 Å². The Kier molecular flexibility index (Phi) is 6.60. The maximum Gasteiger partial charge on any atom is 0.416 e. The average Bonchev–Trinajstić information content (AvgIpc) is 3.20. The molecule has 0 saturated carbocycles. The summed E-state index contributed by atoms with van der Waals surface area (Å²) >= 11 is 1.39. The van der Waals surface area contributed by atoms with Gasteiger partial charge in [-0.25, -0.2) is 0 Å². The maximum absolute atomic E-state index is 12.9. The molecule has 1 atom stereocenters. The third-order valence-corrected chi connectivity index (χ3v) is 6.15. The second kappa shape index (κ2) is 9.58. The number of thioether (sulfide) groups is 1.